The third kappa shape index (κ3) is 5.36. The standard InChI is InChI=1S/C9H4F15IO2/c10-3(11,1-2-25)26-8(21,22)9(23,24)27-7(19,20)5(14,15)4(12,13)6(16,17)18/h1-2H2. The van der Waals surface area contributed by atoms with Gasteiger partial charge in [0.05, 0.1) is 0 Å². The highest BCUT2D eigenvalue weighted by Crippen LogP contribution is 2.55. The maximum Gasteiger partial charge on any atom is 0.460 e. The fourth-order valence-corrected chi connectivity index (χ4v) is 1.68. The van der Waals surface area contributed by atoms with E-state index in [0.717, 1.165) is 22.6 Å². The lowest BCUT2D eigenvalue weighted by molar-refractivity contribution is -0.542. The molecule has 2 nitrogen and oxygen atoms in total. The Hall–Kier alpha value is -0.400. The normalized spacial score (nSPS) is 16.0. The van der Waals surface area contributed by atoms with E-state index in [1.54, 1.807) is 0 Å². The lowest BCUT2D eigenvalue weighted by Crippen LogP contribution is -2.64. The topological polar surface area (TPSA) is 18.5 Å². The molecule has 0 fully saturated rings. The van der Waals surface area contributed by atoms with Crippen LogP contribution in [0.5, 0.6) is 0 Å². The molecule has 0 radical (unpaired) electrons. The van der Waals surface area contributed by atoms with Crippen molar-refractivity contribution in [1.29, 1.82) is 0 Å². The first-order valence-electron chi connectivity index (χ1n) is 5.77. The van der Waals surface area contributed by atoms with Crippen molar-refractivity contribution < 1.29 is 75.3 Å². The van der Waals surface area contributed by atoms with Crippen LogP contribution in [0.15, 0.2) is 0 Å². The van der Waals surface area contributed by atoms with Gasteiger partial charge in [-0.3, -0.25) is 0 Å². The average molecular weight is 556 g/mol. The number of ether oxygens (including phenoxy) is 2. The molecule has 0 aliphatic carbocycles. The molecule has 0 bridgehead atoms. The van der Waals surface area contributed by atoms with Crippen LogP contribution in [0.25, 0.3) is 0 Å². The monoisotopic (exact) mass is 556 g/mol. The van der Waals surface area contributed by atoms with Gasteiger partial charge in [-0.15, -0.1) is 0 Å². The van der Waals surface area contributed by atoms with Crippen molar-refractivity contribution in [3.63, 3.8) is 0 Å². The Balaban J connectivity index is 5.82. The van der Waals surface area contributed by atoms with E-state index in [1.807, 2.05) is 0 Å². The fraction of sp³-hybridized carbons (Fsp3) is 1.00. The first kappa shape index (κ1) is 26.6. The number of hydrogen-bond acceptors (Lipinski definition) is 2. The summed E-state index contributed by atoms with van der Waals surface area (Å²) < 4.78 is 191. The van der Waals surface area contributed by atoms with Crippen LogP contribution in [0.2, 0.25) is 0 Å². The fourth-order valence-electron chi connectivity index (χ4n) is 1.05. The van der Waals surface area contributed by atoms with E-state index in [1.165, 1.54) is 4.74 Å². The Morgan fingerprint density at radius 1 is 0.519 bits per heavy atom. The number of rotatable bonds is 9. The summed E-state index contributed by atoms with van der Waals surface area (Å²) in [5.41, 5.74) is 0. The first-order valence-corrected chi connectivity index (χ1v) is 7.30. The number of alkyl halides is 16. The minimum absolute atomic E-state index is 0.737. The molecule has 0 spiro atoms. The minimum atomic E-state index is -7.84. The van der Waals surface area contributed by atoms with E-state index in [9.17, 15) is 65.9 Å². The van der Waals surface area contributed by atoms with Gasteiger partial charge in [-0.1, -0.05) is 22.6 Å². The Kier molecular flexibility index (Phi) is 7.34. The Morgan fingerprint density at radius 2 is 0.889 bits per heavy atom. The van der Waals surface area contributed by atoms with E-state index in [4.69, 9.17) is 0 Å². The van der Waals surface area contributed by atoms with Crippen molar-refractivity contribution in [2.24, 2.45) is 0 Å². The van der Waals surface area contributed by atoms with Crippen LogP contribution >= 0.6 is 22.6 Å². The van der Waals surface area contributed by atoms with Gasteiger partial charge in [0, 0.05) is 10.8 Å². The summed E-state index contributed by atoms with van der Waals surface area (Å²) >= 11 is 1.10. The van der Waals surface area contributed by atoms with Crippen LogP contribution in [0.4, 0.5) is 65.9 Å². The van der Waals surface area contributed by atoms with Gasteiger partial charge >= 0.3 is 42.5 Å². The Labute approximate surface area is 152 Å². The molecule has 0 aliphatic rings. The van der Waals surface area contributed by atoms with Gasteiger partial charge in [-0.2, -0.15) is 65.9 Å². The molecule has 0 aromatic carbocycles. The lowest BCUT2D eigenvalue weighted by atomic mass is 10.1. The van der Waals surface area contributed by atoms with E-state index in [0.29, 0.717) is 0 Å². The second kappa shape index (κ2) is 7.45. The third-order valence-electron chi connectivity index (χ3n) is 2.37. The van der Waals surface area contributed by atoms with Gasteiger partial charge < -0.3 is 0 Å². The van der Waals surface area contributed by atoms with Crippen molar-refractivity contribution in [2.75, 3.05) is 4.43 Å². The van der Waals surface area contributed by atoms with E-state index in [-0.39, 0.29) is 0 Å². The number of hydrogen-bond donors (Lipinski definition) is 0. The summed E-state index contributed by atoms with van der Waals surface area (Å²) in [6, 6.07) is 0. The zero-order chi connectivity index (χ0) is 22.3. The SMILES string of the molecule is FC(F)(CCI)OC(F)(F)C(F)(F)OC(F)(F)C(F)(F)C(F)(F)C(F)(F)F. The lowest BCUT2D eigenvalue weighted by Gasteiger charge is -2.36. The third-order valence-corrected chi connectivity index (χ3v) is 2.91. The van der Waals surface area contributed by atoms with Crippen LogP contribution in [0, 0.1) is 0 Å². The summed E-state index contributed by atoms with van der Waals surface area (Å²) in [6.07, 6.45) is -36.0. The van der Waals surface area contributed by atoms with Gasteiger partial charge in [0.15, 0.2) is 0 Å². The van der Waals surface area contributed by atoms with Crippen molar-refractivity contribution in [3.05, 3.63) is 0 Å². The summed E-state index contributed by atoms with van der Waals surface area (Å²) in [4.78, 5) is 0. The van der Waals surface area contributed by atoms with Gasteiger partial charge in [0.2, 0.25) is 0 Å². The Bertz CT molecular complexity index is 514. The molecule has 0 unspecified atom stereocenters. The predicted octanol–water partition coefficient (Wildman–Crippen LogP) is 6.05. The summed E-state index contributed by atoms with van der Waals surface area (Å²) in [5.74, 6) is -15.6. The molecular weight excluding hydrogens is 552 g/mol. The van der Waals surface area contributed by atoms with Crippen LogP contribution in [-0.4, -0.2) is 46.9 Å². The van der Waals surface area contributed by atoms with Crippen LogP contribution < -0.4 is 0 Å². The molecule has 0 saturated carbocycles. The van der Waals surface area contributed by atoms with Crippen LogP contribution in [0.1, 0.15) is 6.42 Å². The molecular formula is C9H4F15IO2. The molecule has 18 heteroatoms. The van der Waals surface area contributed by atoms with Crippen molar-refractivity contribution in [1.82, 2.24) is 0 Å². The maximum absolute atomic E-state index is 12.9. The zero-order valence-electron chi connectivity index (χ0n) is 11.8. The van der Waals surface area contributed by atoms with Crippen molar-refractivity contribution in [2.45, 2.75) is 48.9 Å². The molecule has 0 rings (SSSR count). The van der Waals surface area contributed by atoms with E-state index >= 15 is 0 Å². The summed E-state index contributed by atoms with van der Waals surface area (Å²) in [5, 5.41) is 0. The summed E-state index contributed by atoms with van der Waals surface area (Å²) in [6.45, 7) is 0. The van der Waals surface area contributed by atoms with E-state index < -0.39 is 53.3 Å². The van der Waals surface area contributed by atoms with Gasteiger partial charge in [0.25, 0.3) is 0 Å². The minimum Gasteiger partial charge on any atom is -0.248 e. The Morgan fingerprint density at radius 3 is 1.22 bits per heavy atom. The second-order valence-electron chi connectivity index (χ2n) is 4.48. The quantitative estimate of drug-likeness (QED) is 0.196. The maximum atomic E-state index is 12.9. The molecule has 0 atom stereocenters. The highest BCUT2D eigenvalue weighted by Gasteiger charge is 2.85. The number of halogens is 16. The first-order chi connectivity index (χ1) is 11.5. The molecule has 0 aliphatic heterocycles. The van der Waals surface area contributed by atoms with E-state index in [2.05, 4.69) is 4.74 Å². The van der Waals surface area contributed by atoms with Gasteiger partial charge in [-0.25, -0.2) is 9.47 Å². The predicted molar refractivity (Wildman–Crippen MR) is 61.4 cm³/mol. The smallest absolute Gasteiger partial charge is 0.248 e. The zero-order valence-corrected chi connectivity index (χ0v) is 13.9. The molecule has 0 aromatic rings. The molecule has 0 saturated heterocycles. The summed E-state index contributed by atoms with van der Waals surface area (Å²) in [7, 11) is 0. The van der Waals surface area contributed by atoms with Crippen LogP contribution in [0.3, 0.4) is 0 Å². The molecule has 0 aromatic heterocycles. The van der Waals surface area contributed by atoms with Crippen LogP contribution in [-0.2, 0) is 9.47 Å². The second-order valence-corrected chi connectivity index (χ2v) is 5.56. The van der Waals surface area contributed by atoms with Gasteiger partial charge in [-0.05, 0) is 0 Å². The highest BCUT2D eigenvalue weighted by atomic mass is 127. The largest absolute Gasteiger partial charge is 0.460 e. The molecule has 27 heavy (non-hydrogen) atoms. The van der Waals surface area contributed by atoms with Crippen molar-refractivity contribution >= 4 is 22.6 Å². The molecule has 0 amide bonds. The molecule has 164 valence electrons. The van der Waals surface area contributed by atoms with Gasteiger partial charge in [0.1, 0.15) is 0 Å². The van der Waals surface area contributed by atoms with Crippen molar-refractivity contribution in [3.8, 4) is 0 Å². The highest BCUT2D eigenvalue weighted by molar-refractivity contribution is 14.1. The average Bonchev–Trinajstić information content (AvgIpc) is 2.33. The molecule has 0 N–H and O–H groups in total. The molecule has 0 heterocycles.